The van der Waals surface area contributed by atoms with E-state index in [2.05, 4.69) is 4.74 Å². The first-order valence-corrected chi connectivity index (χ1v) is 2.38. The lowest BCUT2D eigenvalue weighted by atomic mass is 10.5. The molecule has 0 aliphatic heterocycles. The van der Waals surface area contributed by atoms with E-state index >= 15 is 0 Å². The molecule has 0 amide bonds. The fourth-order valence-electron chi connectivity index (χ4n) is 0.284. The van der Waals surface area contributed by atoms with Crippen LogP contribution in [0.4, 0.5) is 13.2 Å². The van der Waals surface area contributed by atoms with Crippen molar-refractivity contribution in [3.63, 3.8) is 0 Å². The minimum atomic E-state index is -4.88. The maximum absolute atomic E-state index is 11.2. The van der Waals surface area contributed by atoms with Gasteiger partial charge in [0, 0.05) is 6.08 Å². The zero-order chi connectivity index (χ0) is 8.20. The molecule has 0 bridgehead atoms. The number of hydrogen-bond donors (Lipinski definition) is 0. The van der Waals surface area contributed by atoms with Gasteiger partial charge < -0.3 is 4.74 Å². The monoisotopic (exact) mass is 154 g/mol. The van der Waals surface area contributed by atoms with E-state index in [9.17, 15) is 18.0 Å². The molecule has 0 unspecified atom stereocenters. The van der Waals surface area contributed by atoms with Crippen molar-refractivity contribution in [3.8, 4) is 0 Å². The fourth-order valence-corrected chi connectivity index (χ4v) is 0.284. The van der Waals surface area contributed by atoms with Crippen LogP contribution in [0.25, 0.3) is 0 Å². The van der Waals surface area contributed by atoms with E-state index in [1.54, 1.807) is 0 Å². The lowest BCUT2D eigenvalue weighted by Crippen LogP contribution is -2.17. The molecular weight excluding hydrogens is 149 g/mol. The Morgan fingerprint density at radius 1 is 1.50 bits per heavy atom. The normalized spacial score (nSPS) is 12.0. The number of rotatable bonds is 1. The molecule has 0 fully saturated rings. The number of esters is 1. The third-order valence-corrected chi connectivity index (χ3v) is 0.519. The number of carbonyl (C=O) groups excluding carboxylic acids is 1. The Balaban J connectivity index is 3.81. The first-order chi connectivity index (χ1) is 4.45. The molecule has 5 heteroatoms. The molecule has 10 heavy (non-hydrogen) atoms. The summed E-state index contributed by atoms with van der Waals surface area (Å²) in [7, 11) is 0. The predicted molar refractivity (Wildman–Crippen MR) is 27.0 cm³/mol. The Morgan fingerprint density at radius 3 is 2.30 bits per heavy atom. The van der Waals surface area contributed by atoms with Crippen molar-refractivity contribution in [2.75, 3.05) is 0 Å². The van der Waals surface area contributed by atoms with Crippen molar-refractivity contribution >= 4 is 5.97 Å². The van der Waals surface area contributed by atoms with Gasteiger partial charge in [0.1, 0.15) is 0 Å². The highest BCUT2D eigenvalue weighted by Crippen LogP contribution is 2.16. The topological polar surface area (TPSA) is 26.3 Å². The Hall–Kier alpha value is -1.00. The Bertz CT molecular complexity index is 147. The summed E-state index contributed by atoms with van der Waals surface area (Å²) < 4.78 is 36.4. The summed E-state index contributed by atoms with van der Waals surface area (Å²) in [5.74, 6) is -1.41. The minimum absolute atomic E-state index is 0.688. The van der Waals surface area contributed by atoms with E-state index in [-0.39, 0.29) is 0 Å². The standard InChI is InChI=1S/C5H5F3O2/c1-2-3-4(9)10-5(6,7)8/h2-3H,1H3/b3-2+. The maximum Gasteiger partial charge on any atom is 0.575 e. The van der Waals surface area contributed by atoms with Crippen LogP contribution in [0.15, 0.2) is 12.2 Å². The van der Waals surface area contributed by atoms with E-state index in [1.807, 2.05) is 0 Å². The summed E-state index contributed by atoms with van der Waals surface area (Å²) in [4.78, 5) is 10.0. The van der Waals surface area contributed by atoms with Crippen LogP contribution in [0.1, 0.15) is 6.92 Å². The van der Waals surface area contributed by atoms with Crippen LogP contribution >= 0.6 is 0 Å². The molecule has 0 radical (unpaired) electrons. The second kappa shape index (κ2) is 3.24. The smallest absolute Gasteiger partial charge is 0.370 e. The van der Waals surface area contributed by atoms with Crippen LogP contribution in [-0.4, -0.2) is 12.3 Å². The van der Waals surface area contributed by atoms with E-state index < -0.39 is 12.3 Å². The Morgan fingerprint density at radius 2 is 2.00 bits per heavy atom. The predicted octanol–water partition coefficient (Wildman–Crippen LogP) is 1.63. The molecular formula is C5H5F3O2. The van der Waals surface area contributed by atoms with Gasteiger partial charge >= 0.3 is 12.3 Å². The first kappa shape index (κ1) is 9.00. The second-order valence-corrected chi connectivity index (χ2v) is 1.37. The van der Waals surface area contributed by atoms with Gasteiger partial charge in [0.25, 0.3) is 0 Å². The summed E-state index contributed by atoms with van der Waals surface area (Å²) >= 11 is 0. The molecule has 0 spiro atoms. The molecule has 0 aliphatic rings. The summed E-state index contributed by atoms with van der Waals surface area (Å²) in [6.45, 7) is 1.41. The number of alkyl halides is 3. The molecule has 0 aliphatic carbocycles. The molecule has 0 aromatic carbocycles. The number of hydrogen-bond acceptors (Lipinski definition) is 2. The lowest BCUT2D eigenvalue weighted by Gasteiger charge is -2.02. The van der Waals surface area contributed by atoms with E-state index in [0.29, 0.717) is 6.08 Å². The van der Waals surface area contributed by atoms with E-state index in [1.165, 1.54) is 6.92 Å². The molecule has 0 aromatic heterocycles. The van der Waals surface area contributed by atoms with Crippen molar-refractivity contribution in [2.45, 2.75) is 13.3 Å². The molecule has 2 nitrogen and oxygen atoms in total. The molecule has 0 atom stereocenters. The first-order valence-electron chi connectivity index (χ1n) is 2.38. The van der Waals surface area contributed by atoms with E-state index in [0.717, 1.165) is 6.08 Å². The number of allylic oxidation sites excluding steroid dienone is 1. The van der Waals surface area contributed by atoms with Crippen LogP contribution < -0.4 is 0 Å². The summed E-state index contributed by atoms with van der Waals surface area (Å²) in [6, 6.07) is 0. The zero-order valence-corrected chi connectivity index (χ0v) is 5.11. The number of carbonyl (C=O) groups is 1. The largest absolute Gasteiger partial charge is 0.575 e. The molecule has 58 valence electrons. The van der Waals surface area contributed by atoms with Crippen LogP contribution in [0.3, 0.4) is 0 Å². The average Bonchev–Trinajstić information content (AvgIpc) is 1.59. The maximum atomic E-state index is 11.2. The van der Waals surface area contributed by atoms with Gasteiger partial charge in [0.15, 0.2) is 0 Å². The van der Waals surface area contributed by atoms with Gasteiger partial charge in [0.05, 0.1) is 0 Å². The molecule has 0 saturated heterocycles. The number of ether oxygens (including phenoxy) is 1. The second-order valence-electron chi connectivity index (χ2n) is 1.37. The van der Waals surface area contributed by atoms with Gasteiger partial charge in [0.2, 0.25) is 0 Å². The molecule has 0 aromatic rings. The van der Waals surface area contributed by atoms with Crippen LogP contribution in [-0.2, 0) is 9.53 Å². The average molecular weight is 154 g/mol. The Kier molecular flexibility index (Phi) is 2.92. The van der Waals surface area contributed by atoms with Gasteiger partial charge in [-0.1, -0.05) is 6.08 Å². The zero-order valence-electron chi connectivity index (χ0n) is 5.11. The quantitative estimate of drug-likeness (QED) is 0.423. The highest BCUT2D eigenvalue weighted by molar-refractivity contribution is 5.81. The van der Waals surface area contributed by atoms with Crippen molar-refractivity contribution in [1.82, 2.24) is 0 Å². The minimum Gasteiger partial charge on any atom is -0.370 e. The molecule has 0 rings (SSSR count). The van der Waals surface area contributed by atoms with Gasteiger partial charge in [-0.25, -0.2) is 4.79 Å². The van der Waals surface area contributed by atoms with Gasteiger partial charge in [-0.05, 0) is 6.92 Å². The van der Waals surface area contributed by atoms with Gasteiger partial charge in [-0.2, -0.15) is 0 Å². The highest BCUT2D eigenvalue weighted by atomic mass is 19.4. The summed E-state index contributed by atoms with van der Waals surface area (Å²) in [5, 5.41) is 0. The van der Waals surface area contributed by atoms with Crippen molar-refractivity contribution in [1.29, 1.82) is 0 Å². The van der Waals surface area contributed by atoms with Crippen LogP contribution in [0, 0.1) is 0 Å². The molecule has 0 N–H and O–H groups in total. The third kappa shape index (κ3) is 5.14. The van der Waals surface area contributed by atoms with Gasteiger partial charge in [-0.3, -0.25) is 0 Å². The van der Waals surface area contributed by atoms with Crippen molar-refractivity contribution in [3.05, 3.63) is 12.2 Å². The third-order valence-electron chi connectivity index (χ3n) is 0.519. The van der Waals surface area contributed by atoms with Crippen LogP contribution in [0.2, 0.25) is 0 Å². The Labute approximate surface area is 55.3 Å². The van der Waals surface area contributed by atoms with Crippen LogP contribution in [0.5, 0.6) is 0 Å². The molecule has 0 saturated carbocycles. The summed E-state index contributed by atoms with van der Waals surface area (Å²) in [5.41, 5.74) is 0. The van der Waals surface area contributed by atoms with Crippen molar-refractivity contribution in [2.24, 2.45) is 0 Å². The van der Waals surface area contributed by atoms with Crippen molar-refractivity contribution < 1.29 is 22.7 Å². The highest BCUT2D eigenvalue weighted by Gasteiger charge is 2.32. The fraction of sp³-hybridized carbons (Fsp3) is 0.400. The lowest BCUT2D eigenvalue weighted by molar-refractivity contribution is -0.302. The van der Waals surface area contributed by atoms with E-state index in [4.69, 9.17) is 0 Å². The SMILES string of the molecule is C/C=C/C(=O)OC(F)(F)F. The van der Waals surface area contributed by atoms with Gasteiger partial charge in [-0.15, -0.1) is 13.2 Å². The molecule has 0 heterocycles. The summed E-state index contributed by atoms with van der Waals surface area (Å²) in [6.07, 6.45) is -3.03. The number of halogens is 3.